The minimum absolute atomic E-state index is 0.156. The van der Waals surface area contributed by atoms with Gasteiger partial charge in [0, 0.05) is 10.0 Å². The zero-order chi connectivity index (χ0) is 11.4. The first-order chi connectivity index (χ1) is 7.11. The third-order valence-electron chi connectivity index (χ3n) is 2.21. The summed E-state index contributed by atoms with van der Waals surface area (Å²) in [6, 6.07) is 3.21. The lowest BCUT2D eigenvalue weighted by molar-refractivity contribution is 0.160. The molecule has 0 radical (unpaired) electrons. The first kappa shape index (κ1) is 12.5. The van der Waals surface area contributed by atoms with Crippen molar-refractivity contribution in [3.63, 3.8) is 0 Å². The summed E-state index contributed by atoms with van der Waals surface area (Å²) in [5, 5.41) is 9.78. The molecule has 1 N–H and O–H groups in total. The number of hydrogen-bond donors (Lipinski definition) is 1. The van der Waals surface area contributed by atoms with E-state index in [1.54, 1.807) is 6.07 Å². The number of rotatable bonds is 4. The maximum atomic E-state index is 13.8. The van der Waals surface area contributed by atoms with E-state index in [1.807, 2.05) is 6.92 Å². The maximum absolute atomic E-state index is 13.8. The van der Waals surface area contributed by atoms with Gasteiger partial charge in [0.2, 0.25) is 0 Å². The van der Waals surface area contributed by atoms with Gasteiger partial charge in [0.25, 0.3) is 0 Å². The Bertz CT molecular complexity index is 342. The Morgan fingerprint density at radius 2 is 2.20 bits per heavy atom. The van der Waals surface area contributed by atoms with Gasteiger partial charge in [-0.05, 0) is 18.6 Å². The summed E-state index contributed by atoms with van der Waals surface area (Å²) in [6.07, 6.45) is 0.534. The minimum Gasteiger partial charge on any atom is -0.494 e. The van der Waals surface area contributed by atoms with Gasteiger partial charge in [-0.25, -0.2) is 4.39 Å². The molecule has 2 nitrogen and oxygen atoms in total. The van der Waals surface area contributed by atoms with Crippen LogP contribution in [0.5, 0.6) is 5.75 Å². The van der Waals surface area contributed by atoms with Gasteiger partial charge in [-0.2, -0.15) is 0 Å². The molecule has 1 aromatic carbocycles. The van der Waals surface area contributed by atoms with E-state index in [9.17, 15) is 9.50 Å². The largest absolute Gasteiger partial charge is 0.494 e. The van der Waals surface area contributed by atoms with Gasteiger partial charge in [0.15, 0.2) is 11.6 Å². The van der Waals surface area contributed by atoms with Gasteiger partial charge < -0.3 is 9.84 Å². The number of hydrogen-bond acceptors (Lipinski definition) is 2. The predicted molar refractivity (Wildman–Crippen MR) is 60.5 cm³/mol. The van der Waals surface area contributed by atoms with Crippen LogP contribution in [-0.4, -0.2) is 12.2 Å². The van der Waals surface area contributed by atoms with Gasteiger partial charge in [0.05, 0.1) is 13.2 Å². The van der Waals surface area contributed by atoms with Crippen LogP contribution < -0.4 is 4.74 Å². The number of methoxy groups -OCH3 is 1. The minimum atomic E-state index is -0.792. The summed E-state index contributed by atoms with van der Waals surface area (Å²) in [5.41, 5.74) is 0.274. The Morgan fingerprint density at radius 1 is 1.53 bits per heavy atom. The fourth-order valence-electron chi connectivity index (χ4n) is 1.43. The molecule has 1 aromatic rings. The quantitative estimate of drug-likeness (QED) is 0.913. The molecule has 0 aromatic heterocycles. The molecule has 0 saturated heterocycles. The average Bonchev–Trinajstić information content (AvgIpc) is 2.18. The molecule has 1 atom stereocenters. The monoisotopic (exact) mass is 276 g/mol. The third kappa shape index (κ3) is 2.69. The Hall–Kier alpha value is -0.610. The van der Waals surface area contributed by atoms with Gasteiger partial charge in [-0.3, -0.25) is 0 Å². The Kier molecular flexibility index (Phi) is 4.54. The van der Waals surface area contributed by atoms with Gasteiger partial charge in [-0.15, -0.1) is 0 Å². The number of ether oxygens (including phenoxy) is 1. The Balaban J connectivity index is 3.14. The number of aliphatic hydroxyl groups is 1. The molecular weight excluding hydrogens is 263 g/mol. The SMILES string of the molecule is CCCC(O)c1c(Br)ccc(OC)c1F. The molecule has 4 heteroatoms. The van der Waals surface area contributed by atoms with Crippen molar-refractivity contribution >= 4 is 15.9 Å². The maximum Gasteiger partial charge on any atom is 0.171 e. The van der Waals surface area contributed by atoms with Crippen molar-refractivity contribution in [3.05, 3.63) is 28.0 Å². The lowest BCUT2D eigenvalue weighted by Gasteiger charge is -2.14. The number of benzene rings is 1. The lowest BCUT2D eigenvalue weighted by atomic mass is 10.0. The highest BCUT2D eigenvalue weighted by molar-refractivity contribution is 9.10. The van der Waals surface area contributed by atoms with Crippen LogP contribution in [0.25, 0.3) is 0 Å². The molecule has 0 saturated carbocycles. The fourth-order valence-corrected chi connectivity index (χ4v) is 2.00. The van der Waals surface area contributed by atoms with Crippen LogP contribution in [0, 0.1) is 5.82 Å². The van der Waals surface area contributed by atoms with Crippen LogP contribution in [0.1, 0.15) is 31.4 Å². The summed E-state index contributed by atoms with van der Waals surface area (Å²) in [5.74, 6) is -0.337. The van der Waals surface area contributed by atoms with Gasteiger partial charge >= 0.3 is 0 Å². The number of aliphatic hydroxyl groups excluding tert-OH is 1. The Labute approximate surface area is 97.2 Å². The molecule has 0 bridgehead atoms. The second kappa shape index (κ2) is 5.47. The molecule has 0 aliphatic carbocycles. The highest BCUT2D eigenvalue weighted by Gasteiger charge is 2.19. The van der Waals surface area contributed by atoms with Crippen molar-refractivity contribution in [2.45, 2.75) is 25.9 Å². The zero-order valence-corrected chi connectivity index (χ0v) is 10.3. The van der Waals surface area contributed by atoms with Crippen molar-refractivity contribution in [1.82, 2.24) is 0 Å². The van der Waals surface area contributed by atoms with E-state index in [4.69, 9.17) is 4.74 Å². The molecule has 84 valence electrons. The van der Waals surface area contributed by atoms with Crippen LogP contribution in [0.15, 0.2) is 16.6 Å². The fraction of sp³-hybridized carbons (Fsp3) is 0.455. The predicted octanol–water partition coefficient (Wildman–Crippen LogP) is 3.43. The van der Waals surface area contributed by atoms with E-state index >= 15 is 0 Å². The van der Waals surface area contributed by atoms with Crippen molar-refractivity contribution in [2.24, 2.45) is 0 Å². The van der Waals surface area contributed by atoms with Crippen LogP contribution in [-0.2, 0) is 0 Å². The van der Waals surface area contributed by atoms with E-state index in [1.165, 1.54) is 13.2 Å². The van der Waals surface area contributed by atoms with Crippen LogP contribution >= 0.6 is 15.9 Å². The molecule has 0 heterocycles. The molecule has 0 aliphatic rings. The van der Waals surface area contributed by atoms with E-state index in [-0.39, 0.29) is 11.3 Å². The zero-order valence-electron chi connectivity index (χ0n) is 8.76. The van der Waals surface area contributed by atoms with Gasteiger partial charge in [0.1, 0.15) is 0 Å². The van der Waals surface area contributed by atoms with Crippen LogP contribution in [0.2, 0.25) is 0 Å². The summed E-state index contributed by atoms with van der Waals surface area (Å²) in [4.78, 5) is 0. The van der Waals surface area contributed by atoms with E-state index in [0.29, 0.717) is 10.9 Å². The van der Waals surface area contributed by atoms with E-state index in [0.717, 1.165) is 6.42 Å². The van der Waals surface area contributed by atoms with Crippen LogP contribution in [0.4, 0.5) is 4.39 Å². The molecule has 15 heavy (non-hydrogen) atoms. The molecule has 1 rings (SSSR count). The molecule has 0 spiro atoms. The molecule has 0 aliphatic heterocycles. The molecule has 0 amide bonds. The second-order valence-corrected chi connectivity index (χ2v) is 4.14. The van der Waals surface area contributed by atoms with Crippen LogP contribution in [0.3, 0.4) is 0 Å². The molecule has 0 fully saturated rings. The van der Waals surface area contributed by atoms with Crippen molar-refractivity contribution in [3.8, 4) is 5.75 Å². The lowest BCUT2D eigenvalue weighted by Crippen LogP contribution is -2.03. The molecule has 1 unspecified atom stereocenters. The Morgan fingerprint density at radius 3 is 2.73 bits per heavy atom. The van der Waals surface area contributed by atoms with Crippen molar-refractivity contribution in [2.75, 3.05) is 7.11 Å². The summed E-state index contributed by atoms with van der Waals surface area (Å²) < 4.78 is 19.2. The standard InChI is InChI=1S/C11H14BrFO2/c1-3-4-8(14)10-7(12)5-6-9(15-2)11(10)13/h5-6,8,14H,3-4H2,1-2H3. The topological polar surface area (TPSA) is 29.5 Å². The van der Waals surface area contributed by atoms with E-state index in [2.05, 4.69) is 15.9 Å². The smallest absolute Gasteiger partial charge is 0.171 e. The average molecular weight is 277 g/mol. The first-order valence-electron chi connectivity index (χ1n) is 4.81. The van der Waals surface area contributed by atoms with E-state index < -0.39 is 11.9 Å². The van der Waals surface area contributed by atoms with Crippen molar-refractivity contribution < 1.29 is 14.2 Å². The van der Waals surface area contributed by atoms with Crippen molar-refractivity contribution in [1.29, 1.82) is 0 Å². The summed E-state index contributed by atoms with van der Waals surface area (Å²) in [7, 11) is 1.41. The van der Waals surface area contributed by atoms with Gasteiger partial charge in [-0.1, -0.05) is 29.3 Å². The second-order valence-electron chi connectivity index (χ2n) is 3.28. The summed E-state index contributed by atoms with van der Waals surface area (Å²) >= 11 is 3.23. The highest BCUT2D eigenvalue weighted by Crippen LogP contribution is 2.33. The first-order valence-corrected chi connectivity index (χ1v) is 5.61. The third-order valence-corrected chi connectivity index (χ3v) is 2.90. The molecular formula is C11H14BrFO2. The normalized spacial score (nSPS) is 12.6. The summed E-state index contributed by atoms with van der Waals surface area (Å²) in [6.45, 7) is 1.94. The highest BCUT2D eigenvalue weighted by atomic mass is 79.9. The number of halogens is 2.